The van der Waals surface area contributed by atoms with Crippen LogP contribution in [0.2, 0.25) is 0 Å². The minimum absolute atomic E-state index is 0.0313. The summed E-state index contributed by atoms with van der Waals surface area (Å²) in [6.07, 6.45) is 8.44. The molecule has 0 spiro atoms. The lowest BCUT2D eigenvalue weighted by molar-refractivity contribution is 0.0785. The molecule has 1 saturated heterocycles. The van der Waals surface area contributed by atoms with E-state index in [4.69, 9.17) is 5.73 Å². The first-order valence-corrected chi connectivity index (χ1v) is 10.9. The Hall–Kier alpha value is -2.97. The van der Waals surface area contributed by atoms with Crippen molar-refractivity contribution in [2.45, 2.75) is 44.4 Å². The van der Waals surface area contributed by atoms with Crippen LogP contribution in [0.3, 0.4) is 0 Å². The highest BCUT2D eigenvalue weighted by Gasteiger charge is 2.32. The van der Waals surface area contributed by atoms with Gasteiger partial charge in [-0.05, 0) is 43.5 Å². The van der Waals surface area contributed by atoms with Crippen molar-refractivity contribution in [2.75, 3.05) is 23.3 Å². The molecule has 1 aliphatic carbocycles. The molecule has 3 unspecified atom stereocenters. The van der Waals surface area contributed by atoms with Crippen molar-refractivity contribution >= 4 is 28.3 Å². The summed E-state index contributed by atoms with van der Waals surface area (Å²) < 4.78 is 2.19. The zero-order valence-corrected chi connectivity index (χ0v) is 17.6. The van der Waals surface area contributed by atoms with Gasteiger partial charge in [0.05, 0.1) is 23.7 Å². The van der Waals surface area contributed by atoms with Gasteiger partial charge in [-0.2, -0.15) is 0 Å². The van der Waals surface area contributed by atoms with E-state index in [0.717, 1.165) is 29.6 Å². The van der Waals surface area contributed by atoms with E-state index in [9.17, 15) is 9.90 Å². The summed E-state index contributed by atoms with van der Waals surface area (Å²) in [5.41, 5.74) is 8.81. The molecule has 4 N–H and O–H groups in total. The standard InChI is InChI=1S/C23H28N6O2/c1-14-12-28(13-17(24)21(14)30)20-7-9-25-11-19(20)27-23(31)18-6-5-15-8-10-29(22(15)26-18)16-3-2-4-16/h5-11,14,16-17,21,30H,2-4,12-13,24H2,1H3,(H,27,31). The maximum Gasteiger partial charge on any atom is 0.274 e. The largest absolute Gasteiger partial charge is 0.391 e. The van der Waals surface area contributed by atoms with Crippen LogP contribution in [0, 0.1) is 5.92 Å². The number of aliphatic hydroxyl groups excluding tert-OH is 1. The third-order valence-electron chi connectivity index (χ3n) is 6.61. The van der Waals surface area contributed by atoms with E-state index < -0.39 is 6.10 Å². The summed E-state index contributed by atoms with van der Waals surface area (Å²) in [4.78, 5) is 24.0. The zero-order valence-electron chi connectivity index (χ0n) is 17.6. The van der Waals surface area contributed by atoms with E-state index in [2.05, 4.69) is 37.0 Å². The minimum atomic E-state index is -0.529. The van der Waals surface area contributed by atoms with Crippen molar-refractivity contribution in [3.8, 4) is 0 Å². The van der Waals surface area contributed by atoms with Gasteiger partial charge in [0, 0.05) is 48.9 Å². The number of hydrogen-bond acceptors (Lipinski definition) is 6. The minimum Gasteiger partial charge on any atom is -0.391 e. The van der Waals surface area contributed by atoms with Crippen molar-refractivity contribution in [1.29, 1.82) is 0 Å². The average molecular weight is 421 g/mol. The molecule has 3 aromatic heterocycles. The monoisotopic (exact) mass is 420 g/mol. The molecule has 3 aromatic rings. The smallest absolute Gasteiger partial charge is 0.274 e. The molecular formula is C23H28N6O2. The highest BCUT2D eigenvalue weighted by molar-refractivity contribution is 6.05. The van der Waals surface area contributed by atoms with E-state index in [1.54, 1.807) is 18.5 Å². The Morgan fingerprint density at radius 2 is 2.06 bits per heavy atom. The lowest BCUT2D eigenvalue weighted by Crippen LogP contribution is -2.55. The lowest BCUT2D eigenvalue weighted by Gasteiger charge is -2.40. The highest BCUT2D eigenvalue weighted by Crippen LogP contribution is 2.34. The van der Waals surface area contributed by atoms with Crippen molar-refractivity contribution in [3.63, 3.8) is 0 Å². The van der Waals surface area contributed by atoms with E-state index in [1.807, 2.05) is 19.1 Å². The summed E-state index contributed by atoms with van der Waals surface area (Å²) in [5, 5.41) is 14.2. The number of piperidine rings is 1. The number of amides is 1. The molecule has 0 aromatic carbocycles. The number of rotatable bonds is 4. The number of carbonyl (C=O) groups is 1. The van der Waals surface area contributed by atoms with Crippen LogP contribution in [0.5, 0.6) is 0 Å². The van der Waals surface area contributed by atoms with Crippen LogP contribution < -0.4 is 16.0 Å². The van der Waals surface area contributed by atoms with Gasteiger partial charge in [0.2, 0.25) is 0 Å². The van der Waals surface area contributed by atoms with Gasteiger partial charge in [-0.15, -0.1) is 0 Å². The fourth-order valence-corrected chi connectivity index (χ4v) is 4.57. The molecule has 0 bridgehead atoms. The summed E-state index contributed by atoms with van der Waals surface area (Å²) in [7, 11) is 0. The summed E-state index contributed by atoms with van der Waals surface area (Å²) >= 11 is 0. The molecule has 2 fully saturated rings. The topological polar surface area (TPSA) is 109 Å². The zero-order chi connectivity index (χ0) is 21.5. The van der Waals surface area contributed by atoms with Crippen molar-refractivity contribution < 1.29 is 9.90 Å². The third-order valence-corrected chi connectivity index (χ3v) is 6.61. The van der Waals surface area contributed by atoms with Crippen molar-refractivity contribution in [3.05, 3.63) is 48.5 Å². The normalized spacial score (nSPS) is 24.2. The maximum atomic E-state index is 13.1. The summed E-state index contributed by atoms with van der Waals surface area (Å²) in [5.74, 6) is -0.240. The summed E-state index contributed by atoms with van der Waals surface area (Å²) in [6, 6.07) is 7.76. The number of aliphatic hydroxyl groups is 1. The van der Waals surface area contributed by atoms with Gasteiger partial charge in [0.15, 0.2) is 0 Å². The quantitative estimate of drug-likeness (QED) is 0.598. The summed E-state index contributed by atoms with van der Waals surface area (Å²) in [6.45, 7) is 3.14. The highest BCUT2D eigenvalue weighted by atomic mass is 16.3. The first kappa shape index (κ1) is 20.0. The van der Waals surface area contributed by atoms with Gasteiger partial charge in [-0.25, -0.2) is 4.98 Å². The van der Waals surface area contributed by atoms with Gasteiger partial charge in [0.25, 0.3) is 5.91 Å². The molecule has 162 valence electrons. The number of anilines is 2. The van der Waals surface area contributed by atoms with E-state index >= 15 is 0 Å². The van der Waals surface area contributed by atoms with Crippen LogP contribution in [-0.4, -0.2) is 50.8 Å². The Balaban J connectivity index is 1.40. The molecule has 4 heterocycles. The number of hydrogen-bond donors (Lipinski definition) is 3. The second-order valence-electron chi connectivity index (χ2n) is 8.80. The lowest BCUT2D eigenvalue weighted by atomic mass is 9.92. The van der Waals surface area contributed by atoms with Gasteiger partial charge >= 0.3 is 0 Å². The second kappa shape index (κ2) is 7.94. The molecule has 0 radical (unpaired) electrons. The number of carbonyl (C=O) groups excluding carboxylic acids is 1. The predicted octanol–water partition coefficient (Wildman–Crippen LogP) is 2.55. The predicted molar refractivity (Wildman–Crippen MR) is 120 cm³/mol. The van der Waals surface area contributed by atoms with Crippen molar-refractivity contribution in [1.82, 2.24) is 14.5 Å². The van der Waals surface area contributed by atoms with Crippen LogP contribution in [-0.2, 0) is 0 Å². The Kier molecular flexibility index (Phi) is 5.11. The van der Waals surface area contributed by atoms with Gasteiger partial charge in [0.1, 0.15) is 11.3 Å². The number of aromatic nitrogens is 3. The molecule has 2 aliphatic rings. The van der Waals surface area contributed by atoms with Gasteiger partial charge < -0.3 is 25.6 Å². The molecular weight excluding hydrogens is 392 g/mol. The SMILES string of the molecule is CC1CN(c2ccncc2NC(=O)c2ccc3ccn(C4CCC4)c3n2)CC(N)C1O. The molecule has 3 atom stereocenters. The number of nitrogens with zero attached hydrogens (tertiary/aromatic N) is 4. The van der Waals surface area contributed by atoms with Crippen LogP contribution in [0.15, 0.2) is 42.9 Å². The van der Waals surface area contributed by atoms with E-state index in [1.165, 1.54) is 6.42 Å². The van der Waals surface area contributed by atoms with E-state index in [0.29, 0.717) is 30.5 Å². The third kappa shape index (κ3) is 3.66. The van der Waals surface area contributed by atoms with Crippen LogP contribution in [0.25, 0.3) is 11.0 Å². The first-order valence-electron chi connectivity index (χ1n) is 10.9. The average Bonchev–Trinajstić information content (AvgIpc) is 3.13. The molecule has 31 heavy (non-hydrogen) atoms. The molecule has 5 rings (SSSR count). The molecule has 8 nitrogen and oxygen atoms in total. The van der Waals surface area contributed by atoms with Gasteiger partial charge in [-0.3, -0.25) is 9.78 Å². The van der Waals surface area contributed by atoms with Crippen LogP contribution in [0.1, 0.15) is 42.7 Å². The maximum absolute atomic E-state index is 13.1. The Morgan fingerprint density at radius 3 is 2.81 bits per heavy atom. The molecule has 1 saturated carbocycles. The molecule has 1 aliphatic heterocycles. The van der Waals surface area contributed by atoms with E-state index in [-0.39, 0.29) is 17.9 Å². The first-order chi connectivity index (χ1) is 15.0. The molecule has 8 heteroatoms. The number of fused-ring (bicyclic) bond motifs is 1. The number of pyridine rings is 2. The van der Waals surface area contributed by atoms with Crippen molar-refractivity contribution in [2.24, 2.45) is 11.7 Å². The second-order valence-corrected chi connectivity index (χ2v) is 8.80. The molecule has 1 amide bonds. The fourth-order valence-electron chi connectivity index (χ4n) is 4.57. The Morgan fingerprint density at radius 1 is 1.23 bits per heavy atom. The Labute approximate surface area is 181 Å². The fraction of sp³-hybridized carbons (Fsp3) is 0.435. The van der Waals surface area contributed by atoms with Gasteiger partial charge in [-0.1, -0.05) is 6.92 Å². The number of nitrogens with one attached hydrogen (secondary N) is 1. The Bertz CT molecular complexity index is 1100. The van der Waals surface area contributed by atoms with Crippen LogP contribution in [0.4, 0.5) is 11.4 Å². The van der Waals surface area contributed by atoms with Crippen LogP contribution >= 0.6 is 0 Å². The number of nitrogens with two attached hydrogens (primary N) is 1.